The molecule has 0 spiro atoms. The highest BCUT2D eigenvalue weighted by atomic mass is 19.4. The lowest BCUT2D eigenvalue weighted by atomic mass is 10.1. The molecular formula is C56H56F12N4O8. The smallest absolute Gasteiger partial charge is 0.417 e. The number of rotatable bonds is 12. The minimum Gasteiger partial charge on any atom is -0.423 e. The third-order valence-electron chi connectivity index (χ3n) is 12.6. The lowest BCUT2D eigenvalue weighted by molar-refractivity contribution is -0.137. The number of nitrogens with zero attached hydrogens (tertiary/aromatic N) is 4. The number of halogens is 12. The third kappa shape index (κ3) is 15.3. The van der Waals surface area contributed by atoms with Crippen LogP contribution in [-0.4, -0.2) is 52.4 Å². The van der Waals surface area contributed by atoms with Gasteiger partial charge in [0.25, 0.3) is 0 Å². The van der Waals surface area contributed by atoms with Gasteiger partial charge in [0.1, 0.15) is 22.3 Å². The maximum absolute atomic E-state index is 12.9. The van der Waals surface area contributed by atoms with Gasteiger partial charge in [0.05, 0.1) is 22.3 Å². The van der Waals surface area contributed by atoms with Crippen LogP contribution >= 0.6 is 0 Å². The number of benzene rings is 4. The Kier molecular flexibility index (Phi) is 20.4. The predicted molar refractivity (Wildman–Crippen MR) is 284 cm³/mol. The quantitative estimate of drug-likeness (QED) is 0.0851. The zero-order valence-corrected chi connectivity index (χ0v) is 44.5. The van der Waals surface area contributed by atoms with Gasteiger partial charge in [-0.1, -0.05) is 0 Å². The van der Waals surface area contributed by atoms with Gasteiger partial charge in [-0.3, -0.25) is 0 Å². The van der Waals surface area contributed by atoms with Crippen LogP contribution in [0.3, 0.4) is 0 Å². The van der Waals surface area contributed by atoms with Gasteiger partial charge >= 0.3 is 47.2 Å². The molecule has 0 atom stereocenters. The van der Waals surface area contributed by atoms with Crippen molar-refractivity contribution in [3.05, 3.63) is 161 Å². The topological polar surface area (TPSA) is 134 Å². The second-order valence-corrected chi connectivity index (χ2v) is 17.3. The molecule has 0 saturated heterocycles. The van der Waals surface area contributed by atoms with Crippen LogP contribution in [-0.2, 0) is 24.7 Å². The van der Waals surface area contributed by atoms with Crippen LogP contribution in [0.4, 0.5) is 75.4 Å². The van der Waals surface area contributed by atoms with Crippen LogP contribution in [0.15, 0.2) is 134 Å². The molecule has 4 aromatic heterocycles. The van der Waals surface area contributed by atoms with Crippen LogP contribution in [0.2, 0.25) is 0 Å². The van der Waals surface area contributed by atoms with E-state index in [4.69, 9.17) is 17.7 Å². The number of anilines is 4. The summed E-state index contributed by atoms with van der Waals surface area (Å²) in [5.41, 5.74) is -5.13. The van der Waals surface area contributed by atoms with E-state index in [9.17, 15) is 71.9 Å². The van der Waals surface area contributed by atoms with Gasteiger partial charge in [-0.2, -0.15) is 52.7 Å². The second kappa shape index (κ2) is 25.9. The van der Waals surface area contributed by atoms with Crippen molar-refractivity contribution in [3.8, 4) is 0 Å². The van der Waals surface area contributed by atoms with Gasteiger partial charge in [0, 0.05) is 145 Å². The first-order valence-corrected chi connectivity index (χ1v) is 25.1. The third-order valence-corrected chi connectivity index (χ3v) is 12.6. The fourth-order valence-electron chi connectivity index (χ4n) is 8.69. The molecule has 0 fully saturated rings. The fraction of sp³-hybridized carbons (Fsp3) is 0.357. The number of hydrogen-bond donors (Lipinski definition) is 0. The standard InChI is InChI=1S/4C14H14F3NO2/c4*1-3-18(4-2)9-5-6-10-11(14(15,16)17)8-13(19)20-12(10)7-9/h4*5-8H,3-4H2,1-2H3. The molecule has 0 saturated carbocycles. The lowest BCUT2D eigenvalue weighted by Crippen LogP contribution is -2.21. The molecule has 24 heteroatoms. The van der Waals surface area contributed by atoms with Crippen molar-refractivity contribution in [2.45, 2.75) is 80.1 Å². The van der Waals surface area contributed by atoms with Gasteiger partial charge in [-0.25, -0.2) is 19.2 Å². The number of fused-ring (bicyclic) bond motifs is 4. The molecule has 0 amide bonds. The lowest BCUT2D eigenvalue weighted by Gasteiger charge is -2.21. The largest absolute Gasteiger partial charge is 0.423 e. The summed E-state index contributed by atoms with van der Waals surface area (Å²) in [4.78, 5) is 53.0. The van der Waals surface area contributed by atoms with E-state index >= 15 is 0 Å². The molecule has 4 aromatic carbocycles. The van der Waals surface area contributed by atoms with E-state index in [0.29, 0.717) is 76.6 Å². The Labute approximate surface area is 449 Å². The van der Waals surface area contributed by atoms with Gasteiger partial charge in [0.15, 0.2) is 0 Å². The normalized spacial score (nSPS) is 11.8. The highest BCUT2D eigenvalue weighted by molar-refractivity contribution is 5.87. The first kappa shape index (κ1) is 62.9. The predicted octanol–water partition coefficient (Wildman–Crippen LogP) is 14.6. The highest BCUT2D eigenvalue weighted by Crippen LogP contribution is 2.39. The minimum absolute atomic E-state index is 0.0470. The van der Waals surface area contributed by atoms with Gasteiger partial charge < -0.3 is 37.3 Å². The van der Waals surface area contributed by atoms with Crippen LogP contribution in [0.5, 0.6) is 0 Å². The molecule has 12 nitrogen and oxygen atoms in total. The number of hydrogen-bond acceptors (Lipinski definition) is 12. The Morgan fingerprint density at radius 1 is 0.287 bits per heavy atom. The van der Waals surface area contributed by atoms with E-state index in [1.54, 1.807) is 24.3 Å². The van der Waals surface area contributed by atoms with Crippen molar-refractivity contribution in [2.24, 2.45) is 0 Å². The molecule has 8 aromatic rings. The van der Waals surface area contributed by atoms with Crippen molar-refractivity contribution >= 4 is 66.6 Å². The van der Waals surface area contributed by atoms with E-state index in [-0.39, 0.29) is 43.9 Å². The maximum atomic E-state index is 12.9. The van der Waals surface area contributed by atoms with Gasteiger partial charge in [-0.15, -0.1) is 0 Å². The van der Waals surface area contributed by atoms with E-state index in [1.807, 2.05) is 75.0 Å². The van der Waals surface area contributed by atoms with E-state index in [1.165, 1.54) is 48.5 Å². The maximum Gasteiger partial charge on any atom is 0.417 e. The SMILES string of the molecule is CCN(CC)c1ccc2c(C(F)(F)F)cc(=O)oc2c1.CCN(CC)c1ccc2c(C(F)(F)F)cc(=O)oc2c1.CCN(CC)c1ccc2c(C(F)(F)F)cc(=O)oc2c1.CCN(CC)c1ccc2c(C(F)(F)F)cc(=O)oc2c1. The molecule has 0 N–H and O–H groups in total. The molecule has 8 rings (SSSR count). The fourth-order valence-corrected chi connectivity index (χ4v) is 8.69. The summed E-state index contributed by atoms with van der Waals surface area (Å²) >= 11 is 0. The van der Waals surface area contributed by atoms with E-state index in [0.717, 1.165) is 22.7 Å². The molecular weight excluding hydrogens is 1080 g/mol. The Bertz CT molecular complexity index is 3170. The highest BCUT2D eigenvalue weighted by Gasteiger charge is 2.37. The van der Waals surface area contributed by atoms with Crippen molar-refractivity contribution in [2.75, 3.05) is 72.0 Å². The Morgan fingerprint density at radius 2 is 0.450 bits per heavy atom. The van der Waals surface area contributed by atoms with Crippen molar-refractivity contribution < 1.29 is 70.4 Å². The Morgan fingerprint density at radius 3 is 0.588 bits per heavy atom. The Hall–Kier alpha value is -7.92. The average molecular weight is 1140 g/mol. The number of alkyl halides is 12. The Balaban J connectivity index is 0.000000196. The first-order valence-electron chi connectivity index (χ1n) is 25.1. The molecule has 0 aliphatic rings. The van der Waals surface area contributed by atoms with Crippen LogP contribution in [0, 0.1) is 0 Å². The van der Waals surface area contributed by atoms with Crippen LogP contribution < -0.4 is 42.1 Å². The average Bonchev–Trinajstić information content (AvgIpc) is 3.38. The molecule has 0 radical (unpaired) electrons. The molecule has 80 heavy (non-hydrogen) atoms. The summed E-state index contributed by atoms with van der Waals surface area (Å²) in [5, 5.41) is -0.415. The summed E-state index contributed by atoms with van der Waals surface area (Å²) in [7, 11) is 0. The molecule has 0 aliphatic carbocycles. The first-order chi connectivity index (χ1) is 37.5. The van der Waals surface area contributed by atoms with Gasteiger partial charge in [0.2, 0.25) is 0 Å². The summed E-state index contributed by atoms with van der Waals surface area (Å²) in [6.45, 7) is 21.2. The van der Waals surface area contributed by atoms with Crippen molar-refractivity contribution in [3.63, 3.8) is 0 Å². The van der Waals surface area contributed by atoms with E-state index in [2.05, 4.69) is 0 Å². The summed E-state index contributed by atoms with van der Waals surface area (Å²) in [6, 6.07) is 19.6. The van der Waals surface area contributed by atoms with E-state index < -0.39 is 69.5 Å². The molecule has 0 aliphatic heterocycles. The van der Waals surface area contributed by atoms with Crippen molar-refractivity contribution in [1.82, 2.24) is 0 Å². The molecule has 4 heterocycles. The molecule has 432 valence electrons. The monoisotopic (exact) mass is 1140 g/mol. The molecule has 0 bridgehead atoms. The second-order valence-electron chi connectivity index (χ2n) is 17.3. The van der Waals surface area contributed by atoms with Crippen LogP contribution in [0.25, 0.3) is 43.9 Å². The van der Waals surface area contributed by atoms with Crippen molar-refractivity contribution in [1.29, 1.82) is 0 Å². The molecule has 0 unspecified atom stereocenters. The summed E-state index contributed by atoms with van der Waals surface area (Å²) in [6.07, 6.45) is -18.3. The van der Waals surface area contributed by atoms with Crippen LogP contribution in [0.1, 0.15) is 77.6 Å². The van der Waals surface area contributed by atoms with Gasteiger partial charge in [-0.05, 0) is 104 Å². The zero-order chi connectivity index (χ0) is 59.7. The summed E-state index contributed by atoms with van der Waals surface area (Å²) in [5.74, 6) is 0. The zero-order valence-electron chi connectivity index (χ0n) is 44.5. The minimum atomic E-state index is -4.58. The summed E-state index contributed by atoms with van der Waals surface area (Å²) < 4.78 is 174.